The number of benzene rings is 1. The highest BCUT2D eigenvalue weighted by molar-refractivity contribution is 7.09. The third-order valence-corrected chi connectivity index (χ3v) is 5.44. The van der Waals surface area contributed by atoms with Crippen LogP contribution in [-0.4, -0.2) is 32.9 Å². The zero-order chi connectivity index (χ0) is 17.1. The van der Waals surface area contributed by atoms with Crippen LogP contribution in [0.25, 0.3) is 11.3 Å². The van der Waals surface area contributed by atoms with E-state index in [1.807, 2.05) is 18.2 Å². The first kappa shape index (κ1) is 16.2. The van der Waals surface area contributed by atoms with Crippen LogP contribution in [0.5, 0.6) is 0 Å². The van der Waals surface area contributed by atoms with Gasteiger partial charge in [-0.1, -0.05) is 30.3 Å². The molecular weight excluding hydrogens is 332 g/mol. The van der Waals surface area contributed by atoms with Gasteiger partial charge in [0.05, 0.1) is 24.3 Å². The van der Waals surface area contributed by atoms with Crippen LogP contribution < -0.4 is 5.56 Å². The summed E-state index contributed by atoms with van der Waals surface area (Å²) in [5.41, 5.74) is 3.03. The quantitative estimate of drug-likeness (QED) is 0.783. The van der Waals surface area contributed by atoms with Crippen LogP contribution in [-0.2, 0) is 6.54 Å². The summed E-state index contributed by atoms with van der Waals surface area (Å²) in [7, 11) is 0. The summed E-state index contributed by atoms with van der Waals surface area (Å²) in [4.78, 5) is 25.7. The second-order valence-electron chi connectivity index (χ2n) is 6.40. The Kier molecular flexibility index (Phi) is 4.72. The third-order valence-electron chi connectivity index (χ3n) is 4.60. The molecule has 1 aliphatic rings. The number of nitrogens with one attached hydrogen (secondary N) is 1. The lowest BCUT2D eigenvalue weighted by molar-refractivity contribution is 0.198. The highest BCUT2D eigenvalue weighted by Gasteiger charge is 2.23. The first-order chi connectivity index (χ1) is 12.3. The minimum absolute atomic E-state index is 0.0745. The van der Waals surface area contributed by atoms with Gasteiger partial charge in [-0.2, -0.15) is 0 Å². The van der Waals surface area contributed by atoms with Gasteiger partial charge in [0.25, 0.3) is 5.56 Å². The molecule has 2 aromatic heterocycles. The molecule has 128 valence electrons. The summed E-state index contributed by atoms with van der Waals surface area (Å²) in [5.74, 6) is 0.324. The van der Waals surface area contributed by atoms with Gasteiger partial charge in [0.15, 0.2) is 0 Å². The molecule has 3 heterocycles. The highest BCUT2D eigenvalue weighted by Crippen LogP contribution is 2.27. The van der Waals surface area contributed by atoms with Gasteiger partial charge in [-0.05, 0) is 19.4 Å². The number of likely N-dealkylation sites (tertiary alicyclic amines) is 1. The number of rotatable bonds is 4. The van der Waals surface area contributed by atoms with Gasteiger partial charge in [0, 0.05) is 29.5 Å². The van der Waals surface area contributed by atoms with Crippen LogP contribution in [0.3, 0.4) is 0 Å². The highest BCUT2D eigenvalue weighted by atomic mass is 32.1. The Bertz CT molecular complexity index is 889. The van der Waals surface area contributed by atoms with E-state index in [0.717, 1.165) is 54.4 Å². The van der Waals surface area contributed by atoms with Crippen molar-refractivity contribution >= 4 is 11.3 Å². The van der Waals surface area contributed by atoms with Crippen molar-refractivity contribution in [2.75, 3.05) is 13.1 Å². The second-order valence-corrected chi connectivity index (χ2v) is 7.35. The molecule has 6 heteroatoms. The number of piperidine rings is 1. The first-order valence-corrected chi connectivity index (χ1v) is 9.43. The maximum atomic E-state index is 11.5. The topological polar surface area (TPSA) is 61.9 Å². The van der Waals surface area contributed by atoms with Crippen LogP contribution in [0.4, 0.5) is 0 Å². The molecule has 1 fully saturated rings. The van der Waals surface area contributed by atoms with E-state index >= 15 is 0 Å². The maximum Gasteiger partial charge on any atom is 0.250 e. The van der Waals surface area contributed by atoms with Gasteiger partial charge in [-0.25, -0.2) is 9.97 Å². The molecule has 0 radical (unpaired) electrons. The van der Waals surface area contributed by atoms with E-state index in [9.17, 15) is 4.79 Å². The molecule has 0 aliphatic carbocycles. The minimum atomic E-state index is -0.0745. The third kappa shape index (κ3) is 3.86. The molecule has 3 aromatic rings. The fourth-order valence-electron chi connectivity index (χ4n) is 3.36. The predicted molar refractivity (Wildman–Crippen MR) is 99.7 cm³/mol. The Morgan fingerprint density at radius 3 is 3.00 bits per heavy atom. The Morgan fingerprint density at radius 1 is 1.28 bits per heavy atom. The lowest BCUT2D eigenvalue weighted by atomic mass is 9.94. The van der Waals surface area contributed by atoms with E-state index in [0.29, 0.717) is 5.92 Å². The Labute approximate surface area is 150 Å². The molecule has 5 nitrogen and oxygen atoms in total. The Morgan fingerprint density at radius 2 is 2.16 bits per heavy atom. The summed E-state index contributed by atoms with van der Waals surface area (Å²) in [6.45, 7) is 2.85. The molecule has 4 rings (SSSR count). The van der Waals surface area contributed by atoms with Gasteiger partial charge in [-0.15, -0.1) is 11.3 Å². The second kappa shape index (κ2) is 7.29. The molecule has 0 spiro atoms. The molecular formula is C19H20N4OS. The summed E-state index contributed by atoms with van der Waals surface area (Å²) in [5, 5.41) is 3.27. The minimum Gasteiger partial charge on any atom is -0.313 e. The van der Waals surface area contributed by atoms with E-state index in [1.54, 1.807) is 17.4 Å². The zero-order valence-electron chi connectivity index (χ0n) is 13.9. The van der Waals surface area contributed by atoms with Crippen molar-refractivity contribution in [3.05, 3.63) is 69.2 Å². The number of hydrogen-bond donors (Lipinski definition) is 1. The van der Waals surface area contributed by atoms with Crippen molar-refractivity contribution in [1.82, 2.24) is 19.9 Å². The number of aromatic nitrogens is 3. The van der Waals surface area contributed by atoms with Crippen molar-refractivity contribution < 1.29 is 0 Å². The number of nitrogens with zero attached hydrogens (tertiary/aromatic N) is 3. The summed E-state index contributed by atoms with van der Waals surface area (Å²) in [6, 6.07) is 11.9. The number of aromatic amines is 1. The molecule has 0 bridgehead atoms. The zero-order valence-corrected chi connectivity index (χ0v) is 14.7. The van der Waals surface area contributed by atoms with Crippen molar-refractivity contribution in [3.8, 4) is 11.3 Å². The van der Waals surface area contributed by atoms with Crippen molar-refractivity contribution in [2.24, 2.45) is 0 Å². The van der Waals surface area contributed by atoms with Gasteiger partial charge < -0.3 is 4.98 Å². The van der Waals surface area contributed by atoms with Gasteiger partial charge in [0.1, 0.15) is 5.01 Å². The van der Waals surface area contributed by atoms with Crippen molar-refractivity contribution in [3.63, 3.8) is 0 Å². The summed E-state index contributed by atoms with van der Waals surface area (Å²) in [6.07, 6.45) is 3.71. The number of hydrogen-bond acceptors (Lipinski definition) is 5. The van der Waals surface area contributed by atoms with Gasteiger partial charge in [0.2, 0.25) is 0 Å². The van der Waals surface area contributed by atoms with Gasteiger partial charge >= 0.3 is 0 Å². The predicted octanol–water partition coefficient (Wildman–Crippen LogP) is 3.27. The lowest BCUT2D eigenvalue weighted by Gasteiger charge is -2.31. The van der Waals surface area contributed by atoms with Crippen molar-refractivity contribution in [1.29, 1.82) is 0 Å². The maximum absolute atomic E-state index is 11.5. The lowest BCUT2D eigenvalue weighted by Crippen LogP contribution is -2.34. The smallest absolute Gasteiger partial charge is 0.250 e. The first-order valence-electron chi connectivity index (χ1n) is 8.55. The average molecular weight is 352 g/mol. The molecule has 0 saturated carbocycles. The molecule has 1 aromatic carbocycles. The standard InChI is InChI=1S/C19H20N4OS/c24-18-9-16(20-13-21-18)15-7-4-8-23(10-15)11-19-22-17(12-25-19)14-5-2-1-3-6-14/h1-3,5-6,9,12-13,15H,4,7-8,10-11H2,(H,20,21,24). The molecule has 0 amide bonds. The van der Waals surface area contributed by atoms with E-state index in [2.05, 4.69) is 32.4 Å². The molecule has 1 unspecified atom stereocenters. The largest absolute Gasteiger partial charge is 0.313 e. The van der Waals surface area contributed by atoms with E-state index in [4.69, 9.17) is 4.98 Å². The Hall–Kier alpha value is -2.31. The van der Waals surface area contributed by atoms with Gasteiger partial charge in [-0.3, -0.25) is 9.69 Å². The SMILES string of the molecule is O=c1cc(C2CCCN(Cc3nc(-c4ccccc4)cs3)C2)nc[nH]1. The Balaban J connectivity index is 1.44. The van der Waals surface area contributed by atoms with Crippen molar-refractivity contribution in [2.45, 2.75) is 25.3 Å². The number of thiazole rings is 1. The van der Waals surface area contributed by atoms with E-state index in [-0.39, 0.29) is 5.56 Å². The fourth-order valence-corrected chi connectivity index (χ4v) is 4.21. The van der Waals surface area contributed by atoms with Crippen LogP contribution >= 0.6 is 11.3 Å². The van der Waals surface area contributed by atoms with E-state index < -0.39 is 0 Å². The number of H-pyrrole nitrogens is 1. The van der Waals surface area contributed by atoms with E-state index in [1.165, 1.54) is 6.33 Å². The monoisotopic (exact) mass is 352 g/mol. The molecule has 25 heavy (non-hydrogen) atoms. The normalized spacial score (nSPS) is 18.3. The van der Waals surface area contributed by atoms with Crippen LogP contribution in [0, 0.1) is 0 Å². The molecule has 1 aliphatic heterocycles. The fraction of sp³-hybridized carbons (Fsp3) is 0.316. The summed E-state index contributed by atoms with van der Waals surface area (Å²) >= 11 is 1.71. The molecule has 1 saturated heterocycles. The average Bonchev–Trinajstić information content (AvgIpc) is 3.11. The summed E-state index contributed by atoms with van der Waals surface area (Å²) < 4.78 is 0. The van der Waals surface area contributed by atoms with Crippen LogP contribution in [0.15, 0.2) is 52.9 Å². The van der Waals surface area contributed by atoms with Crippen LogP contribution in [0.2, 0.25) is 0 Å². The molecule has 1 atom stereocenters. The van der Waals surface area contributed by atoms with Crippen LogP contribution in [0.1, 0.15) is 29.5 Å². The molecule has 1 N–H and O–H groups in total.